The predicted molar refractivity (Wildman–Crippen MR) is 35.8 cm³/mol. The first-order valence-electron chi connectivity index (χ1n) is 3.15. The summed E-state index contributed by atoms with van der Waals surface area (Å²) < 4.78 is 16.7. The van der Waals surface area contributed by atoms with Gasteiger partial charge >= 0.3 is 0 Å². The second-order valence-corrected chi connectivity index (χ2v) is 1.57. The molecule has 56 valence electrons. The second-order valence-electron chi connectivity index (χ2n) is 1.57. The van der Waals surface area contributed by atoms with Gasteiger partial charge in [0.2, 0.25) is 13.2 Å². The Labute approximate surface area is 60.1 Å². The zero-order valence-corrected chi connectivity index (χ0v) is 5.79. The van der Waals surface area contributed by atoms with Gasteiger partial charge in [0.25, 0.3) is 0 Å². The SMILES string of the molecule is [2H]N1N=C(OC)C=C(OC)N1. The molecule has 0 bridgehead atoms. The number of rotatable bonds is 1. The normalized spacial score (nSPS) is 18.2. The molecule has 0 radical (unpaired) electrons. The van der Waals surface area contributed by atoms with Gasteiger partial charge in [-0.3, -0.25) is 5.43 Å². The molecule has 0 amide bonds. The molecule has 5 nitrogen and oxygen atoms in total. The van der Waals surface area contributed by atoms with Gasteiger partial charge in [-0.15, -0.1) is 5.10 Å². The van der Waals surface area contributed by atoms with Crippen molar-refractivity contribution in [1.29, 1.82) is 0 Å². The number of hydrogen-bond donors (Lipinski definition) is 2. The van der Waals surface area contributed by atoms with Gasteiger partial charge in [-0.1, -0.05) is 0 Å². The van der Waals surface area contributed by atoms with Crippen LogP contribution < -0.4 is 11.0 Å². The highest BCUT2D eigenvalue weighted by molar-refractivity contribution is 5.88. The lowest BCUT2D eigenvalue weighted by Crippen LogP contribution is -2.32. The van der Waals surface area contributed by atoms with E-state index in [1.807, 2.05) is 0 Å². The number of ether oxygens (including phenoxy) is 2. The number of hydrazone groups is 1. The Bertz CT molecular complexity index is 204. The Morgan fingerprint density at radius 2 is 2.40 bits per heavy atom. The highest BCUT2D eigenvalue weighted by Gasteiger charge is 2.03. The van der Waals surface area contributed by atoms with E-state index in [1.54, 1.807) is 6.08 Å². The van der Waals surface area contributed by atoms with Crippen molar-refractivity contribution >= 4 is 5.90 Å². The van der Waals surface area contributed by atoms with E-state index in [9.17, 15) is 0 Å². The largest absolute Gasteiger partial charge is 0.481 e. The Morgan fingerprint density at radius 3 is 3.00 bits per heavy atom. The average molecular weight is 144 g/mol. The lowest BCUT2D eigenvalue weighted by Gasteiger charge is -2.13. The molecule has 0 aromatic carbocycles. The molecule has 0 aromatic heterocycles. The molecule has 0 spiro atoms. The molecule has 1 rings (SSSR count). The molecule has 0 saturated heterocycles. The maximum atomic E-state index is 7.07. The minimum atomic E-state index is 0.329. The van der Waals surface area contributed by atoms with Gasteiger partial charge in [0.1, 0.15) is 0 Å². The topological polar surface area (TPSA) is 54.9 Å². The fourth-order valence-electron chi connectivity index (χ4n) is 0.501. The number of hydrazine groups is 1. The van der Waals surface area contributed by atoms with Crippen molar-refractivity contribution in [3.63, 3.8) is 0 Å². The van der Waals surface area contributed by atoms with Gasteiger partial charge in [-0.2, -0.15) is 0 Å². The molecule has 10 heavy (non-hydrogen) atoms. The Kier molecular flexibility index (Phi) is 1.59. The molecule has 5 heteroatoms. The van der Waals surface area contributed by atoms with E-state index in [1.165, 1.54) is 14.2 Å². The average Bonchev–Trinajstić information content (AvgIpc) is 2.03. The van der Waals surface area contributed by atoms with Crippen molar-refractivity contribution in [2.45, 2.75) is 0 Å². The molecule has 1 heterocycles. The number of hydrogen-bond acceptors (Lipinski definition) is 5. The van der Waals surface area contributed by atoms with Gasteiger partial charge < -0.3 is 9.47 Å². The van der Waals surface area contributed by atoms with Gasteiger partial charge in [0.15, 0.2) is 0 Å². The fraction of sp³-hybridized carbons (Fsp3) is 0.400. The van der Waals surface area contributed by atoms with Crippen LogP contribution in [0.2, 0.25) is 1.41 Å². The van der Waals surface area contributed by atoms with E-state index >= 15 is 0 Å². The van der Waals surface area contributed by atoms with Gasteiger partial charge in [-0.05, 0) is 0 Å². The van der Waals surface area contributed by atoms with Crippen molar-refractivity contribution in [2.24, 2.45) is 5.10 Å². The van der Waals surface area contributed by atoms with Crippen LogP contribution in [0.4, 0.5) is 0 Å². The second kappa shape index (κ2) is 2.95. The van der Waals surface area contributed by atoms with Crippen LogP contribution in [0.3, 0.4) is 0 Å². The van der Waals surface area contributed by atoms with Crippen LogP contribution in [-0.4, -0.2) is 20.1 Å². The van der Waals surface area contributed by atoms with Crippen molar-refractivity contribution in [1.82, 2.24) is 11.0 Å². The molecule has 1 aliphatic heterocycles. The molecule has 0 saturated carbocycles. The molecule has 0 unspecified atom stereocenters. The van der Waals surface area contributed by atoms with Crippen molar-refractivity contribution in [3.05, 3.63) is 12.0 Å². The van der Waals surface area contributed by atoms with E-state index in [-0.39, 0.29) is 0 Å². The molecule has 2 N–H and O–H groups in total. The summed E-state index contributed by atoms with van der Waals surface area (Å²) in [6.45, 7) is 0. The van der Waals surface area contributed by atoms with Crippen LogP contribution in [-0.2, 0) is 9.47 Å². The third-order valence-electron chi connectivity index (χ3n) is 0.992. The minimum absolute atomic E-state index is 0.329. The maximum absolute atomic E-state index is 7.07. The van der Waals surface area contributed by atoms with Crippen LogP contribution >= 0.6 is 0 Å². The highest BCUT2D eigenvalue weighted by atomic mass is 16.5. The maximum Gasteiger partial charge on any atom is 0.237 e. The van der Waals surface area contributed by atoms with Crippen LogP contribution in [0.1, 0.15) is 0 Å². The summed E-state index contributed by atoms with van der Waals surface area (Å²) in [6, 6.07) is 0. The monoisotopic (exact) mass is 144 g/mol. The lowest BCUT2D eigenvalue weighted by atomic mass is 10.5. The van der Waals surface area contributed by atoms with Gasteiger partial charge in [0.05, 0.1) is 20.3 Å². The standard InChI is InChI=1S/C5H9N3O2/c1-9-4-3-5(10-2)7-8-6-4/h3,6,8H,1-2H3/i/hD. The molecule has 0 aromatic rings. The number of methoxy groups -OCH3 is 2. The fourth-order valence-corrected chi connectivity index (χ4v) is 0.501. The van der Waals surface area contributed by atoms with Crippen LogP contribution in [0.25, 0.3) is 0 Å². The van der Waals surface area contributed by atoms with E-state index in [0.29, 0.717) is 11.8 Å². The van der Waals surface area contributed by atoms with Crippen LogP contribution in [0, 0.1) is 0 Å². The highest BCUT2D eigenvalue weighted by Crippen LogP contribution is 1.94. The summed E-state index contributed by atoms with van der Waals surface area (Å²) in [6.07, 6.45) is 1.55. The molecular weight excluding hydrogens is 134 g/mol. The van der Waals surface area contributed by atoms with Crippen molar-refractivity contribution in [2.75, 3.05) is 14.2 Å². The summed E-state index contributed by atoms with van der Waals surface area (Å²) in [5.74, 6) is 0.752. The minimum Gasteiger partial charge on any atom is -0.481 e. The van der Waals surface area contributed by atoms with Crippen molar-refractivity contribution in [3.8, 4) is 0 Å². The summed E-state index contributed by atoms with van der Waals surface area (Å²) in [5, 5.41) is 3.63. The first-order chi connectivity index (χ1) is 5.26. The molecular formula is C5H9N3O2. The first-order valence-corrected chi connectivity index (χ1v) is 2.70. The number of nitrogens with one attached hydrogen (secondary N) is 2. The Hall–Kier alpha value is -1.39. The Balaban J connectivity index is 2.71. The van der Waals surface area contributed by atoms with E-state index in [0.717, 1.165) is 5.53 Å². The lowest BCUT2D eigenvalue weighted by molar-refractivity contribution is 0.241. The quantitative estimate of drug-likeness (QED) is 0.523. The van der Waals surface area contributed by atoms with Crippen LogP contribution in [0.5, 0.6) is 0 Å². The Morgan fingerprint density at radius 1 is 1.60 bits per heavy atom. The third kappa shape index (κ3) is 1.31. The first kappa shape index (κ1) is 5.40. The molecule has 0 atom stereocenters. The summed E-state index contributed by atoms with van der Waals surface area (Å²) in [5.41, 5.74) is 3.26. The summed E-state index contributed by atoms with van der Waals surface area (Å²) in [7, 11) is 2.97. The predicted octanol–water partition coefficient (Wildman–Crippen LogP) is -0.458. The molecule has 0 aliphatic carbocycles. The van der Waals surface area contributed by atoms with E-state index in [2.05, 4.69) is 10.5 Å². The van der Waals surface area contributed by atoms with Gasteiger partial charge in [-0.25, -0.2) is 5.53 Å². The zero-order valence-electron chi connectivity index (χ0n) is 6.79. The van der Waals surface area contributed by atoms with Gasteiger partial charge in [0, 0.05) is 0 Å². The van der Waals surface area contributed by atoms with Crippen LogP contribution in [0.15, 0.2) is 17.1 Å². The molecule has 0 fully saturated rings. The van der Waals surface area contributed by atoms with E-state index < -0.39 is 0 Å². The summed E-state index contributed by atoms with van der Waals surface area (Å²) in [4.78, 5) is 0. The third-order valence-corrected chi connectivity index (χ3v) is 0.992. The smallest absolute Gasteiger partial charge is 0.237 e. The van der Waals surface area contributed by atoms with E-state index in [4.69, 9.17) is 10.9 Å². The number of nitrogens with zero attached hydrogens (tertiary/aromatic N) is 1. The zero-order chi connectivity index (χ0) is 8.27. The summed E-state index contributed by atoms with van der Waals surface area (Å²) >= 11 is 0. The van der Waals surface area contributed by atoms with Crippen molar-refractivity contribution < 1.29 is 10.9 Å². The molecule has 1 aliphatic rings.